The number of hydrogen-bond donors (Lipinski definition) is 2. The molecule has 0 heterocycles. The summed E-state index contributed by atoms with van der Waals surface area (Å²) in [5.74, 6) is 0.166. The molecule has 4 rings (SSSR count). The van der Waals surface area contributed by atoms with Gasteiger partial charge in [-0.15, -0.1) is 0 Å². The number of carbonyl (C=O) groups is 2. The monoisotopic (exact) mass is 367 g/mol. The SMILES string of the molecule is CCC(C)(C)C(=O)OCCNCOC12CC3CC(C1)CC(C(=O)O)(C3)C2. The molecule has 148 valence electrons. The van der Waals surface area contributed by atoms with E-state index >= 15 is 0 Å². The predicted octanol–water partition coefficient (Wildman–Crippen LogP) is 2.95. The normalized spacial score (nSPS) is 35.5. The molecule has 2 atom stereocenters. The topological polar surface area (TPSA) is 84.9 Å². The van der Waals surface area contributed by atoms with Gasteiger partial charge in [0.15, 0.2) is 0 Å². The lowest BCUT2D eigenvalue weighted by molar-refractivity contribution is -0.208. The van der Waals surface area contributed by atoms with Crippen LogP contribution in [0.1, 0.15) is 65.7 Å². The minimum Gasteiger partial charge on any atom is -0.481 e. The van der Waals surface area contributed by atoms with Crippen molar-refractivity contribution in [3.63, 3.8) is 0 Å². The number of aliphatic carboxylic acids is 1. The lowest BCUT2D eigenvalue weighted by Gasteiger charge is -2.60. The number of carboxylic acids is 1. The van der Waals surface area contributed by atoms with Crippen LogP contribution in [0.4, 0.5) is 0 Å². The molecule has 6 nitrogen and oxygen atoms in total. The Morgan fingerprint density at radius 1 is 1.19 bits per heavy atom. The maximum atomic E-state index is 11.9. The van der Waals surface area contributed by atoms with E-state index in [0.717, 1.165) is 38.5 Å². The molecule has 0 aromatic carbocycles. The van der Waals surface area contributed by atoms with Gasteiger partial charge < -0.3 is 14.6 Å². The van der Waals surface area contributed by atoms with Gasteiger partial charge in [-0.3, -0.25) is 14.9 Å². The maximum Gasteiger partial charge on any atom is 0.311 e. The Balaban J connectivity index is 1.43. The van der Waals surface area contributed by atoms with Crippen LogP contribution in [-0.2, 0) is 19.1 Å². The van der Waals surface area contributed by atoms with Gasteiger partial charge in [-0.1, -0.05) is 6.92 Å². The minimum atomic E-state index is -0.641. The van der Waals surface area contributed by atoms with Gasteiger partial charge in [0.2, 0.25) is 0 Å². The molecule has 0 amide bonds. The molecule has 0 spiro atoms. The van der Waals surface area contributed by atoms with Crippen LogP contribution in [-0.4, -0.2) is 42.5 Å². The van der Waals surface area contributed by atoms with Crippen molar-refractivity contribution in [2.45, 2.75) is 71.3 Å². The van der Waals surface area contributed by atoms with Crippen molar-refractivity contribution in [3.8, 4) is 0 Å². The first-order valence-electron chi connectivity index (χ1n) is 9.96. The number of carboxylic acid groups (broad SMARTS) is 1. The lowest BCUT2D eigenvalue weighted by atomic mass is 9.48. The van der Waals surface area contributed by atoms with Gasteiger partial charge in [-0.2, -0.15) is 0 Å². The van der Waals surface area contributed by atoms with Crippen molar-refractivity contribution in [1.29, 1.82) is 0 Å². The predicted molar refractivity (Wildman–Crippen MR) is 96.5 cm³/mol. The highest BCUT2D eigenvalue weighted by atomic mass is 16.5. The van der Waals surface area contributed by atoms with Gasteiger partial charge >= 0.3 is 11.9 Å². The Kier molecular flexibility index (Phi) is 5.37. The van der Waals surface area contributed by atoms with Gasteiger partial charge in [0, 0.05) is 6.54 Å². The third kappa shape index (κ3) is 3.77. The molecular formula is C20H33NO5. The van der Waals surface area contributed by atoms with Gasteiger partial charge in [-0.25, -0.2) is 0 Å². The average molecular weight is 367 g/mol. The third-order valence-electron chi connectivity index (χ3n) is 6.89. The van der Waals surface area contributed by atoms with E-state index in [9.17, 15) is 14.7 Å². The fourth-order valence-corrected chi connectivity index (χ4v) is 5.43. The molecule has 4 bridgehead atoms. The molecule has 6 heteroatoms. The fraction of sp³-hybridized carbons (Fsp3) is 0.900. The molecule has 0 aromatic heterocycles. The summed E-state index contributed by atoms with van der Waals surface area (Å²) in [6.45, 7) is 6.99. The Hall–Kier alpha value is -1.14. The highest BCUT2D eigenvalue weighted by Crippen LogP contribution is 2.62. The largest absolute Gasteiger partial charge is 0.481 e. The summed E-state index contributed by atoms with van der Waals surface area (Å²) in [4.78, 5) is 23.8. The van der Waals surface area contributed by atoms with Crippen molar-refractivity contribution < 1.29 is 24.2 Å². The van der Waals surface area contributed by atoms with Crippen LogP contribution >= 0.6 is 0 Å². The van der Waals surface area contributed by atoms with Crippen molar-refractivity contribution in [2.75, 3.05) is 19.9 Å². The summed E-state index contributed by atoms with van der Waals surface area (Å²) in [7, 11) is 0. The standard InChI is InChI=1S/C20H33NO5/c1-4-18(2,3)17(24)25-6-5-21-13-26-20-10-14-7-15(11-20)9-19(8-14,12-20)16(22)23/h14-15,21H,4-13H2,1-3H3,(H,22,23). The van der Waals surface area contributed by atoms with E-state index in [4.69, 9.17) is 9.47 Å². The van der Waals surface area contributed by atoms with Crippen molar-refractivity contribution >= 4 is 11.9 Å². The summed E-state index contributed by atoms with van der Waals surface area (Å²) >= 11 is 0. The van der Waals surface area contributed by atoms with Crippen molar-refractivity contribution in [2.24, 2.45) is 22.7 Å². The second kappa shape index (κ2) is 7.12. The Morgan fingerprint density at radius 2 is 1.85 bits per heavy atom. The average Bonchev–Trinajstić information content (AvgIpc) is 2.56. The van der Waals surface area contributed by atoms with E-state index in [1.807, 2.05) is 20.8 Å². The summed E-state index contributed by atoms with van der Waals surface area (Å²) in [6.07, 6.45) is 6.17. The van der Waals surface area contributed by atoms with Gasteiger partial charge in [-0.05, 0) is 70.6 Å². The Morgan fingerprint density at radius 3 is 2.42 bits per heavy atom. The zero-order valence-electron chi connectivity index (χ0n) is 16.3. The van der Waals surface area contributed by atoms with Crippen LogP contribution in [0.3, 0.4) is 0 Å². The van der Waals surface area contributed by atoms with Crippen LogP contribution in [0.25, 0.3) is 0 Å². The number of carbonyl (C=O) groups excluding carboxylic acids is 1. The zero-order valence-corrected chi connectivity index (χ0v) is 16.3. The molecule has 2 unspecified atom stereocenters. The quantitative estimate of drug-likeness (QED) is 0.370. The van der Waals surface area contributed by atoms with Crippen LogP contribution in [0.2, 0.25) is 0 Å². The summed E-state index contributed by atoms with van der Waals surface area (Å²) in [6, 6.07) is 0. The molecule has 4 saturated carbocycles. The van der Waals surface area contributed by atoms with Gasteiger partial charge in [0.05, 0.1) is 23.2 Å². The number of rotatable bonds is 9. The summed E-state index contributed by atoms with van der Waals surface area (Å²) < 4.78 is 11.5. The molecule has 0 saturated heterocycles. The Labute approximate surface area is 156 Å². The first-order valence-corrected chi connectivity index (χ1v) is 9.96. The third-order valence-corrected chi connectivity index (χ3v) is 6.89. The van der Waals surface area contributed by atoms with E-state index < -0.39 is 16.8 Å². The lowest BCUT2D eigenvalue weighted by Crippen LogP contribution is -2.59. The summed E-state index contributed by atoms with van der Waals surface area (Å²) in [5.41, 5.74) is -1.29. The molecular weight excluding hydrogens is 334 g/mol. The second-order valence-electron chi connectivity index (χ2n) is 9.39. The van der Waals surface area contributed by atoms with E-state index in [2.05, 4.69) is 5.32 Å². The smallest absolute Gasteiger partial charge is 0.311 e. The minimum absolute atomic E-state index is 0.174. The summed E-state index contributed by atoms with van der Waals surface area (Å²) in [5, 5.41) is 12.9. The highest BCUT2D eigenvalue weighted by Gasteiger charge is 2.61. The second-order valence-corrected chi connectivity index (χ2v) is 9.39. The molecule has 26 heavy (non-hydrogen) atoms. The molecule has 4 fully saturated rings. The molecule has 0 aromatic rings. The maximum absolute atomic E-state index is 11.9. The highest BCUT2D eigenvalue weighted by molar-refractivity contribution is 5.76. The Bertz CT molecular complexity index is 544. The molecule has 0 radical (unpaired) electrons. The molecule has 0 aliphatic heterocycles. The van der Waals surface area contributed by atoms with Crippen LogP contribution < -0.4 is 5.32 Å². The first-order chi connectivity index (χ1) is 12.2. The number of nitrogens with one attached hydrogen (secondary N) is 1. The fourth-order valence-electron chi connectivity index (χ4n) is 5.43. The molecule has 4 aliphatic carbocycles. The van der Waals surface area contributed by atoms with Gasteiger partial charge in [0.1, 0.15) is 6.61 Å². The van der Waals surface area contributed by atoms with Gasteiger partial charge in [0.25, 0.3) is 0 Å². The van der Waals surface area contributed by atoms with E-state index in [0.29, 0.717) is 38.1 Å². The molecule has 4 aliphatic rings. The van der Waals surface area contributed by atoms with E-state index in [1.165, 1.54) is 0 Å². The van der Waals surface area contributed by atoms with Crippen molar-refractivity contribution in [1.82, 2.24) is 5.32 Å². The van der Waals surface area contributed by atoms with Crippen LogP contribution in [0, 0.1) is 22.7 Å². The van der Waals surface area contributed by atoms with Crippen LogP contribution in [0.5, 0.6) is 0 Å². The van der Waals surface area contributed by atoms with Crippen molar-refractivity contribution in [3.05, 3.63) is 0 Å². The number of hydrogen-bond acceptors (Lipinski definition) is 5. The van der Waals surface area contributed by atoms with E-state index in [1.54, 1.807) is 0 Å². The zero-order chi connectivity index (χ0) is 19.0. The molecule has 2 N–H and O–H groups in total. The number of esters is 1. The van der Waals surface area contributed by atoms with Crippen LogP contribution in [0.15, 0.2) is 0 Å². The first kappa shape index (κ1) is 19.6. The van der Waals surface area contributed by atoms with E-state index in [-0.39, 0.29) is 11.6 Å². The number of ether oxygens (including phenoxy) is 2.